The number of nitrogens with zero attached hydrogens (tertiary/aromatic N) is 5. The van der Waals surface area contributed by atoms with Gasteiger partial charge in [0.2, 0.25) is 11.1 Å². The van der Waals surface area contributed by atoms with Crippen LogP contribution in [0.15, 0.2) is 5.16 Å². The number of ether oxygens (including phenoxy) is 1. The Bertz CT molecular complexity index is 717. The van der Waals surface area contributed by atoms with Crippen LogP contribution >= 0.6 is 11.8 Å². The quantitative estimate of drug-likeness (QED) is 0.579. The second kappa shape index (κ2) is 8.66. The zero-order valence-electron chi connectivity index (χ0n) is 14.9. The van der Waals surface area contributed by atoms with Crippen LogP contribution in [-0.2, 0) is 19.4 Å². The van der Waals surface area contributed by atoms with Crippen molar-refractivity contribution in [1.29, 1.82) is 0 Å². The van der Waals surface area contributed by atoms with Gasteiger partial charge < -0.3 is 9.64 Å². The third kappa shape index (κ3) is 4.74. The highest BCUT2D eigenvalue weighted by Gasteiger charge is 2.34. The van der Waals surface area contributed by atoms with Crippen molar-refractivity contribution < 1.29 is 17.9 Å². The zero-order chi connectivity index (χ0) is 18.6. The maximum atomic E-state index is 12.8. The van der Waals surface area contributed by atoms with E-state index in [9.17, 15) is 13.2 Å². The van der Waals surface area contributed by atoms with Crippen molar-refractivity contribution in [3.05, 3.63) is 0 Å². The molecule has 11 heteroatoms. The molecule has 1 aliphatic carbocycles. The predicted molar refractivity (Wildman–Crippen MR) is 96.7 cm³/mol. The molecule has 1 aromatic rings. The summed E-state index contributed by atoms with van der Waals surface area (Å²) < 4.78 is 30.5. The van der Waals surface area contributed by atoms with Crippen molar-refractivity contribution in [2.24, 2.45) is 0 Å². The molecule has 9 nitrogen and oxygen atoms in total. The van der Waals surface area contributed by atoms with Gasteiger partial charge >= 0.3 is 0 Å². The Balaban J connectivity index is 1.62. The summed E-state index contributed by atoms with van der Waals surface area (Å²) in [5, 5.41) is 12.5. The topological polar surface area (TPSA) is 107 Å². The van der Waals surface area contributed by atoms with E-state index >= 15 is 0 Å². The molecule has 1 saturated carbocycles. The monoisotopic (exact) mass is 403 g/mol. The first-order valence-corrected chi connectivity index (χ1v) is 11.7. The highest BCUT2D eigenvalue weighted by molar-refractivity contribution is 7.99. The second-order valence-corrected chi connectivity index (χ2v) is 9.94. The summed E-state index contributed by atoms with van der Waals surface area (Å²) in [7, 11) is -1.48. The molecule has 0 aromatic carbocycles. The molecule has 2 heterocycles. The Morgan fingerprint density at radius 1 is 1.35 bits per heavy atom. The lowest BCUT2D eigenvalue weighted by molar-refractivity contribution is -0.130. The molecule has 3 rings (SSSR count). The van der Waals surface area contributed by atoms with E-state index in [0.29, 0.717) is 30.8 Å². The van der Waals surface area contributed by atoms with Gasteiger partial charge in [-0.2, -0.15) is 0 Å². The Kier molecular flexibility index (Phi) is 6.51. The van der Waals surface area contributed by atoms with Gasteiger partial charge in [0.25, 0.3) is 0 Å². The number of amides is 1. The van der Waals surface area contributed by atoms with Crippen molar-refractivity contribution in [3.63, 3.8) is 0 Å². The summed E-state index contributed by atoms with van der Waals surface area (Å²) in [6, 6.07) is 0.0428. The smallest absolute Gasteiger partial charge is 0.233 e. The number of thioether (sulfide) groups is 1. The van der Waals surface area contributed by atoms with Crippen molar-refractivity contribution in [2.45, 2.75) is 49.3 Å². The van der Waals surface area contributed by atoms with Gasteiger partial charge in [-0.3, -0.25) is 4.79 Å². The van der Waals surface area contributed by atoms with Crippen molar-refractivity contribution in [2.75, 3.05) is 37.5 Å². The van der Waals surface area contributed by atoms with Crippen molar-refractivity contribution in [3.8, 4) is 0 Å². The van der Waals surface area contributed by atoms with Gasteiger partial charge in [-0.05, 0) is 29.7 Å². The SMILES string of the molecule is COCCN(C(=O)CSc1nnnn1C1CCCC1)[C@H]1CCS(=O)(=O)C1. The molecule has 26 heavy (non-hydrogen) atoms. The molecule has 1 atom stereocenters. The summed E-state index contributed by atoms with van der Waals surface area (Å²) in [5.41, 5.74) is 0. The molecule has 0 radical (unpaired) electrons. The van der Waals surface area contributed by atoms with Crippen LogP contribution in [0.1, 0.15) is 38.1 Å². The average Bonchev–Trinajstić information content (AvgIpc) is 3.33. The lowest BCUT2D eigenvalue weighted by Gasteiger charge is -2.28. The van der Waals surface area contributed by atoms with Crippen molar-refractivity contribution >= 4 is 27.5 Å². The first kappa shape index (κ1) is 19.6. The zero-order valence-corrected chi connectivity index (χ0v) is 16.5. The number of methoxy groups -OCH3 is 1. The number of tetrazole rings is 1. The maximum Gasteiger partial charge on any atom is 0.233 e. The van der Waals surface area contributed by atoms with E-state index in [1.807, 2.05) is 4.68 Å². The Labute approximate surface area is 157 Å². The number of rotatable bonds is 8. The predicted octanol–water partition coefficient (Wildman–Crippen LogP) is 0.542. The van der Waals surface area contributed by atoms with Gasteiger partial charge in [-0.25, -0.2) is 13.1 Å². The number of sulfone groups is 1. The van der Waals surface area contributed by atoms with Crippen LogP contribution in [-0.4, -0.2) is 83.0 Å². The highest BCUT2D eigenvalue weighted by Crippen LogP contribution is 2.31. The normalized spacial score (nSPS) is 22.7. The minimum Gasteiger partial charge on any atom is -0.383 e. The van der Waals surface area contributed by atoms with Crippen LogP contribution in [0.4, 0.5) is 0 Å². The van der Waals surface area contributed by atoms with Crippen LogP contribution in [0.2, 0.25) is 0 Å². The van der Waals surface area contributed by atoms with Gasteiger partial charge in [-0.1, -0.05) is 24.6 Å². The first-order valence-electron chi connectivity index (χ1n) is 8.89. The fraction of sp³-hybridized carbons (Fsp3) is 0.867. The highest BCUT2D eigenvalue weighted by atomic mass is 32.2. The maximum absolute atomic E-state index is 12.8. The summed E-state index contributed by atoms with van der Waals surface area (Å²) in [6.07, 6.45) is 4.96. The van der Waals surface area contributed by atoms with Gasteiger partial charge in [-0.15, -0.1) is 5.10 Å². The van der Waals surface area contributed by atoms with E-state index in [4.69, 9.17) is 4.74 Å². The van der Waals surface area contributed by atoms with Gasteiger partial charge in [0.1, 0.15) is 0 Å². The lowest BCUT2D eigenvalue weighted by atomic mass is 10.2. The lowest BCUT2D eigenvalue weighted by Crippen LogP contribution is -2.44. The fourth-order valence-electron chi connectivity index (χ4n) is 3.59. The minimum absolute atomic E-state index is 0.0347. The molecule has 1 aliphatic heterocycles. The molecule has 0 spiro atoms. The summed E-state index contributed by atoms with van der Waals surface area (Å²) in [6.45, 7) is 0.774. The van der Waals surface area contributed by atoms with Gasteiger partial charge in [0, 0.05) is 19.7 Å². The second-order valence-electron chi connectivity index (χ2n) is 6.77. The molecule has 0 unspecified atom stereocenters. The van der Waals surface area contributed by atoms with Crippen LogP contribution in [0, 0.1) is 0 Å². The number of carbonyl (C=O) groups excluding carboxylic acids is 1. The van der Waals surface area contributed by atoms with E-state index in [0.717, 1.165) is 12.8 Å². The van der Waals surface area contributed by atoms with Crippen LogP contribution < -0.4 is 0 Å². The van der Waals surface area contributed by atoms with Gasteiger partial charge in [0.15, 0.2) is 9.84 Å². The standard InChI is InChI=1S/C15H25N5O4S2/c1-24-8-7-19(13-6-9-26(22,23)11-13)14(21)10-25-15-16-17-18-20(15)12-4-2-3-5-12/h12-13H,2-11H2,1H3/t13-/m0/s1. The molecule has 1 saturated heterocycles. The van der Waals surface area contributed by atoms with E-state index in [-0.39, 0.29) is 29.2 Å². The fourth-order valence-corrected chi connectivity index (χ4v) is 6.15. The van der Waals surface area contributed by atoms with E-state index in [1.165, 1.54) is 24.6 Å². The number of aromatic nitrogens is 4. The summed E-state index contributed by atoms with van der Waals surface area (Å²) in [4.78, 5) is 14.4. The molecule has 2 aliphatic rings. The van der Waals surface area contributed by atoms with Crippen molar-refractivity contribution in [1.82, 2.24) is 25.1 Å². The Hall–Kier alpha value is -1.20. The van der Waals surface area contributed by atoms with Gasteiger partial charge in [0.05, 0.1) is 29.9 Å². The molecular weight excluding hydrogens is 378 g/mol. The number of hydrogen-bond donors (Lipinski definition) is 0. The molecule has 0 N–H and O–H groups in total. The summed E-state index contributed by atoms with van der Waals surface area (Å²) >= 11 is 1.31. The largest absolute Gasteiger partial charge is 0.383 e. The molecule has 0 bridgehead atoms. The van der Waals surface area contributed by atoms with E-state index in [1.54, 1.807) is 12.0 Å². The van der Waals surface area contributed by atoms with Crippen LogP contribution in [0.25, 0.3) is 0 Å². The molecule has 2 fully saturated rings. The third-order valence-electron chi connectivity index (χ3n) is 4.96. The third-order valence-corrected chi connectivity index (χ3v) is 7.63. The molecule has 1 amide bonds. The first-order chi connectivity index (χ1) is 12.5. The number of hydrogen-bond acceptors (Lipinski definition) is 8. The van der Waals surface area contributed by atoms with E-state index in [2.05, 4.69) is 15.5 Å². The van der Waals surface area contributed by atoms with Crippen LogP contribution in [0.5, 0.6) is 0 Å². The molecule has 1 aromatic heterocycles. The van der Waals surface area contributed by atoms with E-state index < -0.39 is 9.84 Å². The molecule has 146 valence electrons. The Morgan fingerprint density at radius 3 is 2.77 bits per heavy atom. The number of carbonyl (C=O) groups is 1. The Morgan fingerprint density at radius 2 is 2.12 bits per heavy atom. The molecular formula is C15H25N5O4S2. The van der Waals surface area contributed by atoms with Crippen LogP contribution in [0.3, 0.4) is 0 Å². The minimum atomic E-state index is -3.05. The summed E-state index contributed by atoms with van der Waals surface area (Å²) in [5.74, 6) is 0.261. The average molecular weight is 404 g/mol.